The molecule has 0 heterocycles. The smallest absolute Gasteiger partial charge is 0.258 e. The summed E-state index contributed by atoms with van der Waals surface area (Å²) >= 11 is 6.08. The van der Waals surface area contributed by atoms with Gasteiger partial charge < -0.3 is 15.4 Å². The first-order chi connectivity index (χ1) is 10.4. The molecule has 0 saturated heterocycles. The van der Waals surface area contributed by atoms with Gasteiger partial charge in [0.15, 0.2) is 6.61 Å². The van der Waals surface area contributed by atoms with Crippen LogP contribution in [0.1, 0.15) is 30.9 Å². The van der Waals surface area contributed by atoms with Crippen molar-refractivity contribution in [2.45, 2.75) is 33.6 Å². The van der Waals surface area contributed by atoms with E-state index >= 15 is 0 Å². The number of hydrogen-bond donors (Lipinski definition) is 2. The minimum atomic E-state index is -0.227. The molecule has 0 bridgehead atoms. The van der Waals surface area contributed by atoms with E-state index < -0.39 is 0 Å². The van der Waals surface area contributed by atoms with E-state index in [1.165, 1.54) is 0 Å². The quantitative estimate of drug-likeness (QED) is 0.721. The number of aryl methyl sites for hydroxylation is 2. The van der Waals surface area contributed by atoms with Gasteiger partial charge in [0, 0.05) is 24.5 Å². The first-order valence-corrected chi connectivity index (χ1v) is 7.74. The monoisotopic (exact) mass is 326 g/mol. The van der Waals surface area contributed by atoms with Gasteiger partial charge in [-0.2, -0.15) is 0 Å². The van der Waals surface area contributed by atoms with Crippen molar-refractivity contribution in [3.05, 3.63) is 28.3 Å². The second kappa shape index (κ2) is 9.30. The third-order valence-corrected chi connectivity index (χ3v) is 3.62. The fourth-order valence-electron chi connectivity index (χ4n) is 1.91. The SMILES string of the molecule is CCCC(=O)NCCNC(=O)COc1cc(C)c(Cl)c(C)c1. The number of halogens is 1. The normalized spacial score (nSPS) is 10.2. The Hall–Kier alpha value is -1.75. The van der Waals surface area contributed by atoms with Crippen LogP contribution < -0.4 is 15.4 Å². The predicted octanol–water partition coefficient (Wildman–Crippen LogP) is 2.37. The molecule has 2 amide bonds. The van der Waals surface area contributed by atoms with E-state index in [2.05, 4.69) is 10.6 Å². The Morgan fingerprint density at radius 2 is 1.64 bits per heavy atom. The molecular formula is C16H23ClN2O3. The van der Waals surface area contributed by atoms with E-state index in [0.29, 0.717) is 30.3 Å². The van der Waals surface area contributed by atoms with Crippen LogP contribution in [0.2, 0.25) is 5.02 Å². The average Bonchev–Trinajstić information content (AvgIpc) is 2.47. The molecule has 0 unspecified atom stereocenters. The number of nitrogens with one attached hydrogen (secondary N) is 2. The Bertz CT molecular complexity index is 509. The molecule has 122 valence electrons. The van der Waals surface area contributed by atoms with Crippen LogP contribution in [0.3, 0.4) is 0 Å². The second-order valence-corrected chi connectivity index (χ2v) is 5.49. The molecule has 6 heteroatoms. The van der Waals surface area contributed by atoms with E-state index in [1.54, 1.807) is 12.1 Å². The van der Waals surface area contributed by atoms with Crippen molar-refractivity contribution in [2.24, 2.45) is 0 Å². The molecule has 0 aliphatic rings. The number of ether oxygens (including phenoxy) is 1. The standard InChI is InChI=1S/C16H23ClN2O3/c1-4-5-14(20)18-6-7-19-15(21)10-22-13-8-11(2)16(17)12(3)9-13/h8-9H,4-7,10H2,1-3H3,(H,18,20)(H,19,21). The summed E-state index contributed by atoms with van der Waals surface area (Å²) in [6.45, 7) is 6.46. The van der Waals surface area contributed by atoms with Gasteiger partial charge in [0.25, 0.3) is 5.91 Å². The Kier molecular flexibility index (Phi) is 7.74. The third-order valence-electron chi connectivity index (χ3n) is 3.03. The van der Waals surface area contributed by atoms with Crippen molar-refractivity contribution in [3.63, 3.8) is 0 Å². The molecular weight excluding hydrogens is 304 g/mol. The average molecular weight is 327 g/mol. The lowest BCUT2D eigenvalue weighted by molar-refractivity contribution is -0.124. The van der Waals surface area contributed by atoms with Crippen molar-refractivity contribution in [3.8, 4) is 5.75 Å². The summed E-state index contributed by atoms with van der Waals surface area (Å²) in [6, 6.07) is 3.60. The summed E-state index contributed by atoms with van der Waals surface area (Å²) in [5.41, 5.74) is 1.83. The van der Waals surface area contributed by atoms with Crippen LogP contribution in [-0.2, 0) is 9.59 Å². The van der Waals surface area contributed by atoms with Gasteiger partial charge >= 0.3 is 0 Å². The van der Waals surface area contributed by atoms with Crippen LogP contribution in [0, 0.1) is 13.8 Å². The highest BCUT2D eigenvalue weighted by Gasteiger charge is 2.06. The maximum Gasteiger partial charge on any atom is 0.258 e. The lowest BCUT2D eigenvalue weighted by Gasteiger charge is -2.10. The van der Waals surface area contributed by atoms with Crippen LogP contribution in [0.15, 0.2) is 12.1 Å². The number of carbonyl (C=O) groups is 2. The van der Waals surface area contributed by atoms with Crippen LogP contribution >= 0.6 is 11.6 Å². The minimum Gasteiger partial charge on any atom is -0.484 e. The van der Waals surface area contributed by atoms with Crippen molar-refractivity contribution >= 4 is 23.4 Å². The van der Waals surface area contributed by atoms with E-state index in [0.717, 1.165) is 17.5 Å². The summed E-state index contributed by atoms with van der Waals surface area (Å²) in [6.07, 6.45) is 1.32. The van der Waals surface area contributed by atoms with E-state index in [4.69, 9.17) is 16.3 Å². The maximum absolute atomic E-state index is 11.6. The Morgan fingerprint density at radius 3 is 2.18 bits per heavy atom. The first kappa shape index (κ1) is 18.3. The molecule has 0 radical (unpaired) electrons. The molecule has 0 spiro atoms. The lowest BCUT2D eigenvalue weighted by Crippen LogP contribution is -2.36. The predicted molar refractivity (Wildman–Crippen MR) is 87.3 cm³/mol. The number of benzene rings is 1. The molecule has 0 atom stereocenters. The fourth-order valence-corrected chi connectivity index (χ4v) is 2.02. The first-order valence-electron chi connectivity index (χ1n) is 7.37. The Labute approximate surface area is 136 Å². The van der Waals surface area contributed by atoms with Gasteiger partial charge in [-0.25, -0.2) is 0 Å². The molecule has 1 rings (SSSR count). The minimum absolute atomic E-state index is 0.000105. The summed E-state index contributed by atoms with van der Waals surface area (Å²) in [4.78, 5) is 22.9. The van der Waals surface area contributed by atoms with Crippen LogP contribution in [0.25, 0.3) is 0 Å². The fraction of sp³-hybridized carbons (Fsp3) is 0.500. The van der Waals surface area contributed by atoms with Crippen molar-refractivity contribution in [1.29, 1.82) is 0 Å². The summed E-state index contributed by atoms with van der Waals surface area (Å²) < 4.78 is 5.44. The molecule has 22 heavy (non-hydrogen) atoms. The van der Waals surface area contributed by atoms with Crippen LogP contribution in [-0.4, -0.2) is 31.5 Å². The number of rotatable bonds is 8. The van der Waals surface area contributed by atoms with Gasteiger partial charge in [-0.3, -0.25) is 9.59 Å². The van der Waals surface area contributed by atoms with Crippen molar-refractivity contribution in [2.75, 3.05) is 19.7 Å². The summed E-state index contributed by atoms with van der Waals surface area (Å²) in [5.74, 6) is 0.390. The third kappa shape index (κ3) is 6.35. The molecule has 2 N–H and O–H groups in total. The Morgan fingerprint density at radius 1 is 1.09 bits per heavy atom. The topological polar surface area (TPSA) is 67.4 Å². The van der Waals surface area contributed by atoms with Crippen molar-refractivity contribution in [1.82, 2.24) is 10.6 Å². The molecule has 5 nitrogen and oxygen atoms in total. The molecule has 0 saturated carbocycles. The molecule has 0 aromatic heterocycles. The second-order valence-electron chi connectivity index (χ2n) is 5.11. The zero-order valence-corrected chi connectivity index (χ0v) is 14.0. The zero-order chi connectivity index (χ0) is 16.5. The van der Waals surface area contributed by atoms with Crippen molar-refractivity contribution < 1.29 is 14.3 Å². The highest BCUT2D eigenvalue weighted by atomic mass is 35.5. The van der Waals surface area contributed by atoms with E-state index in [9.17, 15) is 9.59 Å². The molecule has 0 aliphatic heterocycles. The van der Waals surface area contributed by atoms with Crippen LogP contribution in [0.5, 0.6) is 5.75 Å². The number of hydrogen-bond acceptors (Lipinski definition) is 3. The van der Waals surface area contributed by atoms with Gasteiger partial charge in [-0.1, -0.05) is 18.5 Å². The summed E-state index contributed by atoms with van der Waals surface area (Å²) in [7, 11) is 0. The molecule has 1 aromatic rings. The molecule has 0 aliphatic carbocycles. The van der Waals surface area contributed by atoms with E-state index in [-0.39, 0.29) is 18.4 Å². The highest BCUT2D eigenvalue weighted by molar-refractivity contribution is 6.32. The van der Waals surface area contributed by atoms with Gasteiger partial charge in [0.2, 0.25) is 5.91 Å². The zero-order valence-electron chi connectivity index (χ0n) is 13.3. The largest absolute Gasteiger partial charge is 0.484 e. The maximum atomic E-state index is 11.6. The van der Waals surface area contributed by atoms with Gasteiger partial charge in [-0.05, 0) is 43.5 Å². The number of carbonyl (C=O) groups excluding carboxylic acids is 2. The Balaban J connectivity index is 2.27. The van der Waals surface area contributed by atoms with Gasteiger partial charge in [-0.15, -0.1) is 0 Å². The molecule has 0 fully saturated rings. The summed E-state index contributed by atoms with van der Waals surface area (Å²) in [5, 5.41) is 6.12. The van der Waals surface area contributed by atoms with Gasteiger partial charge in [0.1, 0.15) is 5.75 Å². The van der Waals surface area contributed by atoms with Crippen LogP contribution in [0.4, 0.5) is 0 Å². The highest BCUT2D eigenvalue weighted by Crippen LogP contribution is 2.25. The van der Waals surface area contributed by atoms with E-state index in [1.807, 2.05) is 20.8 Å². The molecule has 1 aromatic carbocycles. The lowest BCUT2D eigenvalue weighted by atomic mass is 10.1. The number of amides is 2. The van der Waals surface area contributed by atoms with Gasteiger partial charge in [0.05, 0.1) is 0 Å².